The summed E-state index contributed by atoms with van der Waals surface area (Å²) in [6, 6.07) is 3.06. The lowest BCUT2D eigenvalue weighted by atomic mass is 10.0. The maximum absolute atomic E-state index is 13.4. The quantitative estimate of drug-likeness (QED) is 0.849. The summed E-state index contributed by atoms with van der Waals surface area (Å²) in [5, 5.41) is 2.01. The number of amides is 1. The van der Waals surface area contributed by atoms with Gasteiger partial charge in [0.25, 0.3) is 0 Å². The molecule has 1 fully saturated rings. The van der Waals surface area contributed by atoms with Crippen molar-refractivity contribution in [2.75, 3.05) is 6.61 Å². The zero-order chi connectivity index (χ0) is 11.8. The van der Waals surface area contributed by atoms with Crippen LogP contribution in [-0.2, 0) is 4.74 Å². The van der Waals surface area contributed by atoms with E-state index in [0.29, 0.717) is 0 Å². The molecular weight excluding hydrogens is 259 g/mol. The molecule has 0 bridgehead atoms. The van der Waals surface area contributed by atoms with Gasteiger partial charge in [-0.3, -0.25) is 0 Å². The number of nitrogens with one attached hydrogen (secondary N) is 1. The highest BCUT2D eigenvalue weighted by molar-refractivity contribution is 5.85. The summed E-state index contributed by atoms with van der Waals surface area (Å²) in [7, 11) is 0. The molecule has 94 valence electrons. The van der Waals surface area contributed by atoms with Gasteiger partial charge in [-0.1, -0.05) is 12.1 Å². The van der Waals surface area contributed by atoms with E-state index in [4.69, 9.17) is 0 Å². The van der Waals surface area contributed by atoms with Gasteiger partial charge < -0.3 is 10.1 Å². The first kappa shape index (κ1) is 13.6. The van der Waals surface area contributed by atoms with Crippen molar-refractivity contribution >= 4 is 18.5 Å². The fraction of sp³-hybridized carbons (Fsp3) is 0.300. The van der Waals surface area contributed by atoms with Gasteiger partial charge in [-0.15, -0.1) is 12.4 Å². The number of halogens is 4. The molecule has 7 heteroatoms. The monoisotopic (exact) mass is 267 g/mol. The molecule has 1 aliphatic rings. The lowest BCUT2D eigenvalue weighted by Gasteiger charge is -2.31. The molecule has 2 rings (SSSR count). The van der Waals surface area contributed by atoms with Crippen LogP contribution in [0.1, 0.15) is 11.6 Å². The van der Waals surface area contributed by atoms with E-state index < -0.39 is 30.5 Å². The second-order valence-corrected chi connectivity index (χ2v) is 3.47. The van der Waals surface area contributed by atoms with E-state index in [1.807, 2.05) is 5.32 Å². The van der Waals surface area contributed by atoms with Crippen molar-refractivity contribution in [2.24, 2.45) is 0 Å². The number of hydrogen-bond acceptors (Lipinski definition) is 2. The van der Waals surface area contributed by atoms with Gasteiger partial charge in [0.15, 0.2) is 6.61 Å². The van der Waals surface area contributed by atoms with Gasteiger partial charge in [-0.05, 0) is 17.7 Å². The average molecular weight is 268 g/mol. The van der Waals surface area contributed by atoms with Crippen molar-refractivity contribution in [3.8, 4) is 0 Å². The first-order chi connectivity index (χ1) is 7.49. The molecule has 1 heterocycles. The number of cyclic esters (lactones) is 1. The van der Waals surface area contributed by atoms with E-state index in [1.54, 1.807) is 0 Å². The van der Waals surface area contributed by atoms with Crippen molar-refractivity contribution in [2.45, 2.75) is 12.0 Å². The lowest BCUT2D eigenvalue weighted by Crippen LogP contribution is -2.49. The van der Waals surface area contributed by atoms with Crippen LogP contribution < -0.4 is 5.32 Å². The summed E-state index contributed by atoms with van der Waals surface area (Å²) in [5.74, 6) is -3.73. The maximum Gasteiger partial charge on any atom is 0.408 e. The van der Waals surface area contributed by atoms with Crippen molar-refractivity contribution < 1.29 is 22.7 Å². The van der Waals surface area contributed by atoms with E-state index in [9.17, 15) is 18.0 Å². The Morgan fingerprint density at radius 2 is 1.88 bits per heavy atom. The van der Waals surface area contributed by atoms with Crippen LogP contribution in [0.3, 0.4) is 0 Å². The molecule has 1 saturated heterocycles. The Kier molecular flexibility index (Phi) is 3.87. The zero-order valence-corrected chi connectivity index (χ0v) is 9.27. The Bertz CT molecular complexity index is 411. The first-order valence-corrected chi connectivity index (χ1v) is 4.55. The molecule has 1 atom stereocenters. The molecule has 0 radical (unpaired) electrons. The summed E-state index contributed by atoms with van der Waals surface area (Å²) >= 11 is 0. The van der Waals surface area contributed by atoms with E-state index in [0.717, 1.165) is 12.1 Å². The van der Waals surface area contributed by atoms with Crippen LogP contribution in [0.25, 0.3) is 0 Å². The van der Waals surface area contributed by atoms with Crippen LogP contribution >= 0.6 is 12.4 Å². The summed E-state index contributed by atoms with van der Waals surface area (Å²) in [4.78, 5) is 10.9. The number of carbonyl (C=O) groups excluding carboxylic acids is 1. The van der Waals surface area contributed by atoms with Gasteiger partial charge in [0.2, 0.25) is 0 Å². The minimum Gasteiger partial charge on any atom is -0.443 e. The second kappa shape index (κ2) is 4.83. The molecule has 1 N–H and O–H groups in total. The fourth-order valence-corrected chi connectivity index (χ4v) is 1.49. The molecule has 1 aromatic rings. The highest BCUT2D eigenvalue weighted by atomic mass is 35.5. The van der Waals surface area contributed by atoms with Crippen LogP contribution in [0.4, 0.5) is 18.0 Å². The molecule has 0 aliphatic carbocycles. The van der Waals surface area contributed by atoms with Gasteiger partial charge in [-0.25, -0.2) is 18.0 Å². The SMILES string of the molecule is Cl.O=C1N[C@H](c2ccc(F)cc2)C(F)(F)CO1. The smallest absolute Gasteiger partial charge is 0.408 e. The third-order valence-corrected chi connectivity index (χ3v) is 2.28. The standard InChI is InChI=1S/C10H8F3NO2.ClH/c11-7-3-1-6(2-4-7)8-10(12,13)5-16-9(15)14-8;/h1-4,8H,5H2,(H,14,15);1H/t8-;/m1./s1. The minimum atomic E-state index is -3.20. The molecule has 0 saturated carbocycles. The topological polar surface area (TPSA) is 38.3 Å². The number of rotatable bonds is 1. The van der Waals surface area contributed by atoms with E-state index >= 15 is 0 Å². The number of carbonyl (C=O) groups is 1. The van der Waals surface area contributed by atoms with Crippen LogP contribution in [-0.4, -0.2) is 18.6 Å². The Hall–Kier alpha value is -1.43. The molecule has 1 amide bonds. The van der Waals surface area contributed by atoms with Crippen LogP contribution in [0.15, 0.2) is 24.3 Å². The molecular formula is C10H9ClF3NO2. The van der Waals surface area contributed by atoms with Gasteiger partial charge in [0.1, 0.15) is 11.9 Å². The van der Waals surface area contributed by atoms with Gasteiger partial charge in [0, 0.05) is 0 Å². The van der Waals surface area contributed by atoms with E-state index in [1.165, 1.54) is 12.1 Å². The third-order valence-electron chi connectivity index (χ3n) is 2.28. The van der Waals surface area contributed by atoms with Crippen molar-refractivity contribution in [1.29, 1.82) is 0 Å². The van der Waals surface area contributed by atoms with Crippen LogP contribution in [0, 0.1) is 5.82 Å². The molecule has 1 aromatic carbocycles. The molecule has 3 nitrogen and oxygen atoms in total. The largest absolute Gasteiger partial charge is 0.443 e. The van der Waals surface area contributed by atoms with Gasteiger partial charge >= 0.3 is 12.0 Å². The zero-order valence-electron chi connectivity index (χ0n) is 8.45. The molecule has 0 spiro atoms. The minimum absolute atomic E-state index is 0. The van der Waals surface area contributed by atoms with Crippen LogP contribution in [0.2, 0.25) is 0 Å². The Labute approximate surface area is 101 Å². The second-order valence-electron chi connectivity index (χ2n) is 3.47. The van der Waals surface area contributed by atoms with E-state index in [2.05, 4.69) is 4.74 Å². The lowest BCUT2D eigenvalue weighted by molar-refractivity contribution is -0.104. The summed E-state index contributed by atoms with van der Waals surface area (Å²) < 4.78 is 43.6. The molecule has 0 aromatic heterocycles. The number of hydrogen-bond donors (Lipinski definition) is 1. The predicted octanol–water partition coefficient (Wildman–Crippen LogP) is 2.66. The Balaban J connectivity index is 0.00000144. The van der Waals surface area contributed by atoms with E-state index in [-0.39, 0.29) is 18.0 Å². The highest BCUT2D eigenvalue weighted by Gasteiger charge is 2.46. The third kappa shape index (κ3) is 2.82. The number of ether oxygens (including phenoxy) is 1. The predicted molar refractivity (Wildman–Crippen MR) is 55.8 cm³/mol. The van der Waals surface area contributed by atoms with Crippen LogP contribution in [0.5, 0.6) is 0 Å². The van der Waals surface area contributed by atoms with Crippen molar-refractivity contribution in [3.63, 3.8) is 0 Å². The summed E-state index contributed by atoms with van der Waals surface area (Å²) in [6.45, 7) is -0.971. The first-order valence-electron chi connectivity index (χ1n) is 4.55. The normalized spacial score (nSPS) is 22.1. The average Bonchev–Trinajstić information content (AvgIpc) is 2.23. The van der Waals surface area contributed by atoms with Gasteiger partial charge in [-0.2, -0.15) is 0 Å². The molecule has 1 aliphatic heterocycles. The number of alkyl carbamates (subject to hydrolysis) is 1. The maximum atomic E-state index is 13.4. The van der Waals surface area contributed by atoms with Crippen molar-refractivity contribution in [3.05, 3.63) is 35.6 Å². The molecule has 0 unspecified atom stereocenters. The number of benzene rings is 1. The number of alkyl halides is 2. The summed E-state index contributed by atoms with van der Waals surface area (Å²) in [5.41, 5.74) is 0.142. The summed E-state index contributed by atoms with van der Waals surface area (Å²) in [6.07, 6.45) is -0.903. The fourth-order valence-electron chi connectivity index (χ4n) is 1.49. The van der Waals surface area contributed by atoms with Gasteiger partial charge in [0.05, 0.1) is 0 Å². The highest BCUT2D eigenvalue weighted by Crippen LogP contribution is 2.34. The molecule has 17 heavy (non-hydrogen) atoms. The Morgan fingerprint density at radius 3 is 2.47 bits per heavy atom. The Morgan fingerprint density at radius 1 is 1.29 bits per heavy atom. The van der Waals surface area contributed by atoms with Crippen molar-refractivity contribution in [1.82, 2.24) is 5.32 Å².